The van der Waals surface area contributed by atoms with Crippen LogP contribution in [0.2, 0.25) is 5.02 Å². The van der Waals surface area contributed by atoms with Crippen molar-refractivity contribution in [2.75, 3.05) is 6.54 Å². The molecule has 0 aliphatic heterocycles. The van der Waals surface area contributed by atoms with Gasteiger partial charge >= 0.3 is 0 Å². The van der Waals surface area contributed by atoms with Crippen molar-refractivity contribution in [3.8, 4) is 0 Å². The van der Waals surface area contributed by atoms with Crippen LogP contribution in [-0.2, 0) is 15.0 Å². The summed E-state index contributed by atoms with van der Waals surface area (Å²) in [7, 11) is 0. The number of hydrogen-bond acceptors (Lipinski definition) is 3. The Hall–Kier alpha value is -1.39. The lowest BCUT2D eigenvalue weighted by Gasteiger charge is -2.30. The van der Waals surface area contributed by atoms with Crippen LogP contribution in [0, 0.1) is 11.8 Å². The molecule has 1 aromatic rings. The van der Waals surface area contributed by atoms with Crippen LogP contribution in [-0.4, -0.2) is 24.8 Å². The Kier molecular flexibility index (Phi) is 5.26. The maximum atomic E-state index is 12.7. The molecular weight excluding hydrogens is 324 g/mol. The number of amides is 1. The molecule has 24 heavy (non-hydrogen) atoms. The van der Waals surface area contributed by atoms with Gasteiger partial charge < -0.3 is 15.8 Å². The third kappa shape index (κ3) is 3.65. The Morgan fingerprint density at radius 3 is 2.42 bits per heavy atom. The highest BCUT2D eigenvalue weighted by atomic mass is 35.5. The fourth-order valence-corrected chi connectivity index (χ4v) is 3.92. The summed E-state index contributed by atoms with van der Waals surface area (Å²) >= 11 is 5.93. The van der Waals surface area contributed by atoms with E-state index >= 15 is 0 Å². The second-order valence-corrected chi connectivity index (χ2v) is 7.71. The van der Waals surface area contributed by atoms with Crippen molar-refractivity contribution in [3.63, 3.8) is 0 Å². The lowest BCUT2D eigenvalue weighted by atomic mass is 9.79. The molecular formula is C19H25ClN2O2. The van der Waals surface area contributed by atoms with Crippen LogP contribution in [0.5, 0.6) is 0 Å². The first-order valence-electron chi connectivity index (χ1n) is 8.80. The zero-order chi connectivity index (χ0) is 17.2. The number of aldehydes is 1. The number of nitrogens with one attached hydrogen (secondary N) is 1. The summed E-state index contributed by atoms with van der Waals surface area (Å²) in [6.07, 6.45) is 6.60. The average molecular weight is 349 g/mol. The Labute approximate surface area is 148 Å². The van der Waals surface area contributed by atoms with Crippen molar-refractivity contribution in [2.24, 2.45) is 17.6 Å². The van der Waals surface area contributed by atoms with E-state index in [9.17, 15) is 9.59 Å². The van der Waals surface area contributed by atoms with Gasteiger partial charge in [-0.25, -0.2) is 0 Å². The van der Waals surface area contributed by atoms with Gasteiger partial charge in [-0.2, -0.15) is 0 Å². The maximum Gasteiger partial charge on any atom is 0.230 e. The van der Waals surface area contributed by atoms with E-state index in [1.165, 1.54) is 0 Å². The van der Waals surface area contributed by atoms with E-state index in [0.29, 0.717) is 17.5 Å². The monoisotopic (exact) mass is 348 g/mol. The van der Waals surface area contributed by atoms with E-state index in [1.54, 1.807) is 0 Å². The standard InChI is InChI=1S/C19H25ClN2O2/c20-16-7-5-15(6-8-16)19(9-10-19)18(24)22-11-17(21)14-3-1-13(12-23)2-4-14/h5-8,12-14,17H,1-4,9-11,21H2,(H,22,24). The molecule has 1 unspecified atom stereocenters. The number of nitrogens with two attached hydrogens (primary N) is 1. The van der Waals surface area contributed by atoms with Crippen molar-refractivity contribution < 1.29 is 9.59 Å². The van der Waals surface area contributed by atoms with Crippen molar-refractivity contribution in [1.29, 1.82) is 0 Å². The smallest absolute Gasteiger partial charge is 0.230 e. The summed E-state index contributed by atoms with van der Waals surface area (Å²) in [4.78, 5) is 23.5. The molecule has 0 aromatic heterocycles. The summed E-state index contributed by atoms with van der Waals surface area (Å²) in [6.45, 7) is 0.505. The van der Waals surface area contributed by atoms with Gasteiger partial charge in [0.1, 0.15) is 6.29 Å². The maximum absolute atomic E-state index is 12.7. The number of rotatable bonds is 6. The van der Waals surface area contributed by atoms with E-state index in [-0.39, 0.29) is 23.3 Å². The quantitative estimate of drug-likeness (QED) is 0.776. The van der Waals surface area contributed by atoms with Crippen molar-refractivity contribution in [3.05, 3.63) is 34.9 Å². The summed E-state index contributed by atoms with van der Waals surface area (Å²) < 4.78 is 0. The molecule has 5 heteroatoms. The summed E-state index contributed by atoms with van der Waals surface area (Å²) in [5.74, 6) is 0.664. The highest BCUT2D eigenvalue weighted by Crippen LogP contribution is 2.48. The van der Waals surface area contributed by atoms with Crippen molar-refractivity contribution >= 4 is 23.8 Å². The lowest BCUT2D eigenvalue weighted by Crippen LogP contribution is -2.46. The molecule has 4 nitrogen and oxygen atoms in total. The van der Waals surface area contributed by atoms with Crippen LogP contribution in [0.1, 0.15) is 44.1 Å². The third-order valence-corrected chi connectivity index (χ3v) is 5.95. The summed E-state index contributed by atoms with van der Waals surface area (Å²) in [5.41, 5.74) is 6.93. The molecule has 2 saturated carbocycles. The molecule has 2 aliphatic carbocycles. The van der Waals surface area contributed by atoms with Gasteiger partial charge in [0.15, 0.2) is 0 Å². The molecule has 2 aliphatic rings. The first kappa shape index (κ1) is 17.4. The predicted molar refractivity (Wildman–Crippen MR) is 94.9 cm³/mol. The first-order valence-corrected chi connectivity index (χ1v) is 9.18. The fourth-order valence-electron chi connectivity index (χ4n) is 3.80. The molecule has 1 amide bonds. The van der Waals surface area contributed by atoms with Crippen molar-refractivity contribution in [1.82, 2.24) is 5.32 Å². The van der Waals surface area contributed by atoms with Gasteiger partial charge in [0.2, 0.25) is 5.91 Å². The fraction of sp³-hybridized carbons (Fsp3) is 0.579. The van der Waals surface area contributed by atoms with Crippen LogP contribution >= 0.6 is 11.6 Å². The number of carbonyl (C=O) groups is 2. The highest BCUT2D eigenvalue weighted by molar-refractivity contribution is 6.30. The predicted octanol–water partition coefficient (Wildman–Crippen LogP) is 2.82. The van der Waals surface area contributed by atoms with E-state index in [4.69, 9.17) is 17.3 Å². The van der Waals surface area contributed by atoms with Gasteiger partial charge in [0.25, 0.3) is 0 Å². The Morgan fingerprint density at radius 1 is 1.25 bits per heavy atom. The van der Waals surface area contributed by atoms with Gasteiger partial charge in [-0.1, -0.05) is 23.7 Å². The SMILES string of the molecule is NC(CNC(=O)C1(c2ccc(Cl)cc2)CC1)C1CCC(C=O)CC1. The second kappa shape index (κ2) is 7.24. The molecule has 1 atom stereocenters. The highest BCUT2D eigenvalue weighted by Gasteiger charge is 2.51. The zero-order valence-corrected chi connectivity index (χ0v) is 14.6. The minimum atomic E-state index is -0.389. The molecule has 0 heterocycles. The molecule has 2 fully saturated rings. The molecule has 3 rings (SSSR count). The molecule has 130 valence electrons. The minimum absolute atomic E-state index is 0.0393. The Morgan fingerprint density at radius 2 is 1.88 bits per heavy atom. The van der Waals surface area contributed by atoms with Gasteiger partial charge in [0, 0.05) is 23.5 Å². The van der Waals surface area contributed by atoms with Gasteiger partial charge in [-0.15, -0.1) is 0 Å². The van der Waals surface area contributed by atoms with Crippen LogP contribution < -0.4 is 11.1 Å². The second-order valence-electron chi connectivity index (χ2n) is 7.27. The minimum Gasteiger partial charge on any atom is -0.354 e. The van der Waals surface area contributed by atoms with E-state index in [0.717, 1.165) is 50.4 Å². The van der Waals surface area contributed by atoms with E-state index < -0.39 is 0 Å². The number of carbonyl (C=O) groups excluding carboxylic acids is 2. The van der Waals surface area contributed by atoms with Gasteiger partial charge in [-0.3, -0.25) is 4.79 Å². The molecule has 1 aromatic carbocycles. The Bertz CT molecular complexity index is 590. The molecule has 3 N–H and O–H groups in total. The van der Waals surface area contributed by atoms with Gasteiger partial charge in [0.05, 0.1) is 5.41 Å². The normalized spacial score (nSPS) is 26.4. The lowest BCUT2D eigenvalue weighted by molar-refractivity contribution is -0.123. The molecule has 0 saturated heterocycles. The van der Waals surface area contributed by atoms with Crippen LogP contribution in [0.3, 0.4) is 0 Å². The van der Waals surface area contributed by atoms with Crippen LogP contribution in [0.25, 0.3) is 0 Å². The molecule has 0 bridgehead atoms. The number of hydrogen-bond donors (Lipinski definition) is 2. The summed E-state index contributed by atoms with van der Waals surface area (Å²) in [6, 6.07) is 7.51. The van der Waals surface area contributed by atoms with E-state index in [1.807, 2.05) is 24.3 Å². The van der Waals surface area contributed by atoms with Crippen molar-refractivity contribution in [2.45, 2.75) is 50.0 Å². The molecule has 0 radical (unpaired) electrons. The average Bonchev–Trinajstić information content (AvgIpc) is 3.42. The van der Waals surface area contributed by atoms with Crippen LogP contribution in [0.4, 0.5) is 0 Å². The third-order valence-electron chi connectivity index (χ3n) is 5.69. The topological polar surface area (TPSA) is 72.2 Å². The Balaban J connectivity index is 1.52. The summed E-state index contributed by atoms with van der Waals surface area (Å²) in [5, 5.41) is 3.74. The first-order chi connectivity index (χ1) is 11.5. The zero-order valence-electron chi connectivity index (χ0n) is 13.8. The molecule has 0 spiro atoms. The number of halogens is 1. The van der Waals surface area contributed by atoms with Crippen LogP contribution in [0.15, 0.2) is 24.3 Å². The van der Waals surface area contributed by atoms with Gasteiger partial charge in [-0.05, 0) is 62.1 Å². The largest absolute Gasteiger partial charge is 0.354 e. The van der Waals surface area contributed by atoms with E-state index in [2.05, 4.69) is 5.32 Å². The number of benzene rings is 1.